The Bertz CT molecular complexity index is 23.6. The van der Waals surface area contributed by atoms with Crippen molar-refractivity contribution in [3.63, 3.8) is 0 Å². The van der Waals surface area contributed by atoms with Crippen LogP contribution in [0.1, 0.15) is 0 Å². The molecule has 0 N–H and O–H groups in total. The first-order valence-corrected chi connectivity index (χ1v) is 7.48. The normalized spacial score (nSPS) is 3.40. The Hall–Kier alpha value is 1.55. The summed E-state index contributed by atoms with van der Waals surface area (Å²) in [7, 11) is 4.47. The van der Waals surface area contributed by atoms with Crippen molar-refractivity contribution < 1.29 is 11.2 Å². The Labute approximate surface area is 58.0 Å². The molecule has 0 aromatic carbocycles. The van der Waals surface area contributed by atoms with Crippen LogP contribution in [0.4, 0.5) is 0 Å². The van der Waals surface area contributed by atoms with E-state index >= 15 is 0 Å². The molecule has 0 rings (SSSR count). The molecule has 0 spiro atoms. The van der Waals surface area contributed by atoms with Crippen LogP contribution in [0.15, 0.2) is 0 Å². The van der Waals surface area contributed by atoms with Gasteiger partial charge in [0.15, 0.2) is 0 Å². The van der Waals surface area contributed by atoms with Gasteiger partial charge in [-0.05, 0) is 0 Å². The van der Waals surface area contributed by atoms with E-state index in [9.17, 15) is 0 Å². The molecule has 0 aliphatic rings. The molecule has 0 saturated heterocycles. The number of halogens is 1. The fraction of sp³-hybridized carbons (Fsp3) is 0. The van der Waals surface area contributed by atoms with Crippen LogP contribution in [-0.4, -0.2) is 0 Å². The van der Waals surface area contributed by atoms with Crippen LogP contribution in [0.2, 0.25) is 0 Å². The Kier molecular flexibility index (Phi) is 34.4. The minimum absolute atomic E-state index is 0.241. The van der Waals surface area contributed by atoms with Crippen molar-refractivity contribution in [3.05, 3.63) is 4.78 Å². The van der Waals surface area contributed by atoms with Crippen molar-refractivity contribution in [2.45, 2.75) is 0 Å². The van der Waals surface area contributed by atoms with E-state index in [1.54, 1.807) is 0 Å². The number of hydrogen-bond donors (Lipinski definition) is 0. The molecule has 0 aliphatic heterocycles. The van der Waals surface area contributed by atoms with Crippen LogP contribution in [0, 0.1) is 0 Å². The second-order valence-electron chi connectivity index (χ2n) is 0.0690. The molecular weight excluding hydrogens is 256 g/mol. The number of nitrogens with zero attached hydrogens (tertiary/aromatic N) is 1. The number of rotatable bonds is 0. The van der Waals surface area contributed by atoms with E-state index in [4.69, 9.17) is 4.78 Å². The first kappa shape index (κ1) is 9.75. The van der Waals surface area contributed by atoms with Crippen LogP contribution in [0.5, 0.6) is 0 Å². The monoisotopic (exact) mass is 256 g/mol. The van der Waals surface area contributed by atoms with Crippen LogP contribution < -0.4 is 0 Å². The molecule has 0 bridgehead atoms. The van der Waals surface area contributed by atoms with Crippen molar-refractivity contribution in [2.24, 2.45) is 0 Å². The van der Waals surface area contributed by atoms with E-state index in [1.807, 2.05) is 0 Å². The van der Waals surface area contributed by atoms with Gasteiger partial charge in [0.1, 0.15) is 0 Å². The molecule has 0 unspecified atom stereocenters. The quantitative estimate of drug-likeness (QED) is 0.617. The van der Waals surface area contributed by atoms with Crippen molar-refractivity contribution in [1.82, 2.24) is 0 Å². The van der Waals surface area contributed by atoms with Gasteiger partial charge in [-0.15, -0.1) is 0 Å². The Balaban J connectivity index is 0. The Morgan fingerprint density at radius 3 is 1.60 bits per heavy atom. The summed E-state index contributed by atoms with van der Waals surface area (Å²) in [5.41, 5.74) is 0. The summed E-state index contributed by atoms with van der Waals surface area (Å²) >= 11 is 5.52. The molecule has 0 fully saturated rings. The predicted octanol–water partition coefficient (Wildman–Crippen LogP) is 1.82. The van der Waals surface area contributed by atoms with E-state index in [-0.39, 0.29) is 11.2 Å². The molecule has 0 atom stereocenters. The van der Waals surface area contributed by atoms with Gasteiger partial charge in [0.05, 0.1) is 0 Å². The van der Waals surface area contributed by atoms with Gasteiger partial charge < -0.3 is 4.78 Å². The van der Waals surface area contributed by atoms with Crippen LogP contribution >= 0.6 is 30.3 Å². The zero-order chi connectivity index (χ0) is 4.71. The average Bonchev–Trinajstić information content (AvgIpc) is 1.46. The second-order valence-corrected chi connectivity index (χ2v) is 5.73. The fourth-order valence-corrected chi connectivity index (χ4v) is 0. The van der Waals surface area contributed by atoms with Gasteiger partial charge in [0.25, 0.3) is 0 Å². The first-order valence-electron chi connectivity index (χ1n) is 0.534. The van der Waals surface area contributed by atoms with Crippen LogP contribution in [0.25, 0.3) is 4.78 Å². The molecule has 0 amide bonds. The molecule has 30 valence electrons. The number of hydrogen-bond acceptors (Lipinski definition) is 2. The zero-order valence-electron chi connectivity index (χ0n) is 2.09. The minimum atomic E-state index is 0.241. The molecule has 0 saturated carbocycles. The van der Waals surface area contributed by atoms with Crippen molar-refractivity contribution in [1.29, 1.82) is 0 Å². The summed E-state index contributed by atoms with van der Waals surface area (Å²) in [6, 6.07) is 0. The van der Waals surface area contributed by atoms with E-state index in [2.05, 4.69) is 42.7 Å². The maximum atomic E-state index is 6.58. The van der Waals surface area contributed by atoms with E-state index in [1.165, 1.54) is 0 Å². The summed E-state index contributed by atoms with van der Waals surface area (Å²) in [5.74, 6) is 0. The summed E-state index contributed by atoms with van der Waals surface area (Å²) in [6.07, 6.45) is 0. The van der Waals surface area contributed by atoms with Gasteiger partial charge in [0.2, 0.25) is 0 Å². The molecule has 0 aromatic heterocycles. The molecule has 0 heterocycles. The summed E-state index contributed by atoms with van der Waals surface area (Å²) < 4.78 is 6.58. The van der Waals surface area contributed by atoms with Gasteiger partial charge in [0, 0.05) is 0 Å². The zero-order valence-corrected chi connectivity index (χ0v) is 7.28. The van der Waals surface area contributed by atoms with E-state index in [0.717, 1.165) is 0 Å². The first-order chi connectivity index (χ1) is 2.41. The fourth-order valence-electron chi connectivity index (χ4n) is 0. The molecule has 0 aliphatic carbocycles. The molecule has 0 aromatic rings. The van der Waals surface area contributed by atoms with Crippen LogP contribution in [0.3, 0.4) is 0 Å². The molecule has 1 nitrogen and oxygen atoms in total. The third kappa shape index (κ3) is 29.0. The van der Waals surface area contributed by atoms with Crippen LogP contribution in [-0.2, 0) is 23.6 Å². The summed E-state index contributed by atoms with van der Waals surface area (Å²) in [5, 5.41) is 0. The SMILES string of the molecule is [N-]=S.[S]=[V][I]. The maximum absolute atomic E-state index is 6.58. The topological polar surface area (TPSA) is 22.3 Å². The molecule has 5 heavy (non-hydrogen) atoms. The summed E-state index contributed by atoms with van der Waals surface area (Å²) in [4.78, 5) is 0. The van der Waals surface area contributed by atoms with Crippen molar-refractivity contribution >= 4 is 42.7 Å². The standard InChI is InChI=1S/HI.NS.S.V/c;1-2;;/h1H;;;/q;-1;;+1/p-1. The van der Waals surface area contributed by atoms with Gasteiger partial charge in [-0.3, -0.25) is 12.4 Å². The second kappa shape index (κ2) is 17.7. The van der Waals surface area contributed by atoms with E-state index in [0.29, 0.717) is 0 Å². The third-order valence-corrected chi connectivity index (χ3v) is 0. The van der Waals surface area contributed by atoms with Gasteiger partial charge in [-0.1, -0.05) is 0 Å². The molecule has 5 heteroatoms. The summed E-state index contributed by atoms with van der Waals surface area (Å²) in [6.45, 7) is 0. The van der Waals surface area contributed by atoms with E-state index < -0.39 is 0 Å². The Morgan fingerprint density at radius 1 is 1.60 bits per heavy atom. The third-order valence-electron chi connectivity index (χ3n) is 0. The van der Waals surface area contributed by atoms with Gasteiger partial charge in [-0.25, -0.2) is 0 Å². The average molecular weight is 256 g/mol. The molecular formula is INS2V-. The van der Waals surface area contributed by atoms with Gasteiger partial charge >= 0.3 is 41.4 Å². The van der Waals surface area contributed by atoms with Gasteiger partial charge in [-0.2, -0.15) is 0 Å². The Morgan fingerprint density at radius 2 is 1.60 bits per heavy atom. The van der Waals surface area contributed by atoms with Crippen molar-refractivity contribution in [3.8, 4) is 0 Å². The predicted molar refractivity (Wildman–Crippen MR) is 32.3 cm³/mol. The molecule has 0 radical (unpaired) electrons. The van der Waals surface area contributed by atoms with Crippen molar-refractivity contribution in [2.75, 3.05) is 0 Å².